The Kier molecular flexibility index (Phi) is 2.53. The van der Waals surface area contributed by atoms with E-state index in [0.717, 1.165) is 5.56 Å². The average Bonchev–Trinajstić information content (AvgIpc) is 2.67. The van der Waals surface area contributed by atoms with Gasteiger partial charge in [-0.3, -0.25) is 0 Å². The fraction of sp³-hybridized carbons (Fsp3) is 0.500. The number of aliphatic hydroxyl groups is 1. The van der Waals surface area contributed by atoms with Crippen molar-refractivity contribution in [1.82, 2.24) is 0 Å². The minimum absolute atomic E-state index is 0.411. The Morgan fingerprint density at radius 3 is 2.13 bits per heavy atom. The van der Waals surface area contributed by atoms with E-state index in [9.17, 15) is 5.11 Å². The molecule has 0 saturated heterocycles. The smallest absolute Gasteiger partial charge is 0.127 e. The average molecular weight is 245 g/mol. The van der Waals surface area contributed by atoms with Crippen molar-refractivity contribution in [3.05, 3.63) is 35.4 Å². The molecule has 0 aromatic heterocycles. The Morgan fingerprint density at radius 2 is 1.73 bits per heavy atom. The van der Waals surface area contributed by atoms with Crippen molar-refractivity contribution in [2.45, 2.75) is 30.7 Å². The second kappa shape index (κ2) is 3.38. The molecule has 0 aliphatic heterocycles. The standard InChI is InChI=1S/C12H14Cl2O/c1-8-3-5-9(6-4-8)10(15)11(2)7-12(11,13)14/h3-6,10,15H,7H2,1-2H3/t10-,11-/m0/s1. The molecule has 0 radical (unpaired) electrons. The zero-order valence-corrected chi connectivity index (χ0v) is 10.3. The van der Waals surface area contributed by atoms with Gasteiger partial charge < -0.3 is 5.11 Å². The van der Waals surface area contributed by atoms with E-state index in [1.165, 1.54) is 5.56 Å². The summed E-state index contributed by atoms with van der Waals surface area (Å²) in [5, 5.41) is 10.2. The first-order chi connectivity index (χ1) is 6.87. The Morgan fingerprint density at radius 1 is 1.27 bits per heavy atom. The monoisotopic (exact) mass is 244 g/mol. The van der Waals surface area contributed by atoms with Crippen LogP contribution >= 0.6 is 23.2 Å². The van der Waals surface area contributed by atoms with E-state index < -0.39 is 15.9 Å². The van der Waals surface area contributed by atoms with E-state index in [4.69, 9.17) is 23.2 Å². The van der Waals surface area contributed by atoms with Gasteiger partial charge in [-0.15, -0.1) is 23.2 Å². The molecule has 0 heterocycles. The zero-order chi connectivity index (χ0) is 11.3. The lowest BCUT2D eigenvalue weighted by Crippen LogP contribution is -2.16. The highest BCUT2D eigenvalue weighted by molar-refractivity contribution is 6.51. The molecule has 82 valence electrons. The fourth-order valence-corrected chi connectivity index (χ4v) is 2.59. The molecule has 2 rings (SSSR count). The fourth-order valence-electron chi connectivity index (χ4n) is 1.83. The predicted octanol–water partition coefficient (Wildman–Crippen LogP) is 3.61. The summed E-state index contributed by atoms with van der Waals surface area (Å²) in [4.78, 5) is 0. The molecule has 1 fully saturated rings. The van der Waals surface area contributed by atoms with E-state index >= 15 is 0 Å². The van der Waals surface area contributed by atoms with E-state index in [1.807, 2.05) is 38.1 Å². The molecule has 1 nitrogen and oxygen atoms in total. The molecule has 1 N–H and O–H groups in total. The lowest BCUT2D eigenvalue weighted by atomic mass is 9.94. The minimum atomic E-state index is -0.780. The molecule has 0 spiro atoms. The van der Waals surface area contributed by atoms with Gasteiger partial charge in [0.25, 0.3) is 0 Å². The van der Waals surface area contributed by atoms with Gasteiger partial charge in [-0.05, 0) is 18.9 Å². The molecule has 1 aromatic carbocycles. The van der Waals surface area contributed by atoms with Crippen LogP contribution in [0.5, 0.6) is 0 Å². The summed E-state index contributed by atoms with van der Waals surface area (Å²) in [6.45, 7) is 3.93. The molecule has 15 heavy (non-hydrogen) atoms. The number of aryl methyl sites for hydroxylation is 1. The number of hydrogen-bond acceptors (Lipinski definition) is 1. The van der Waals surface area contributed by atoms with Gasteiger partial charge in [0.05, 0.1) is 6.10 Å². The van der Waals surface area contributed by atoms with Gasteiger partial charge in [0.15, 0.2) is 0 Å². The molecular weight excluding hydrogens is 231 g/mol. The second-order valence-corrected chi connectivity index (χ2v) is 6.10. The Labute approximate surface area is 100 Å². The molecule has 1 saturated carbocycles. The normalized spacial score (nSPS) is 29.9. The number of hydrogen-bond donors (Lipinski definition) is 1. The molecule has 0 bridgehead atoms. The summed E-state index contributed by atoms with van der Waals surface area (Å²) in [5.41, 5.74) is 1.65. The van der Waals surface area contributed by atoms with Gasteiger partial charge in [-0.25, -0.2) is 0 Å². The van der Waals surface area contributed by atoms with Crippen LogP contribution in [0.15, 0.2) is 24.3 Å². The highest BCUT2D eigenvalue weighted by Crippen LogP contribution is 2.69. The van der Waals surface area contributed by atoms with Crippen molar-refractivity contribution in [2.75, 3.05) is 0 Å². The molecule has 1 aliphatic carbocycles. The zero-order valence-electron chi connectivity index (χ0n) is 8.80. The highest BCUT2D eigenvalue weighted by atomic mass is 35.5. The van der Waals surface area contributed by atoms with Gasteiger partial charge in [-0.2, -0.15) is 0 Å². The van der Waals surface area contributed by atoms with Crippen LogP contribution < -0.4 is 0 Å². The van der Waals surface area contributed by atoms with E-state index in [2.05, 4.69) is 0 Å². The van der Waals surface area contributed by atoms with E-state index in [0.29, 0.717) is 6.42 Å². The highest BCUT2D eigenvalue weighted by Gasteiger charge is 2.66. The number of aliphatic hydroxyl groups excluding tert-OH is 1. The predicted molar refractivity (Wildman–Crippen MR) is 63.3 cm³/mol. The number of alkyl halides is 2. The Balaban J connectivity index is 2.23. The summed E-state index contributed by atoms with van der Waals surface area (Å²) in [6.07, 6.45) is 0.0473. The number of rotatable bonds is 2. The van der Waals surface area contributed by atoms with Gasteiger partial charge in [-0.1, -0.05) is 36.8 Å². The third kappa shape index (κ3) is 1.77. The Hall–Kier alpha value is -0.240. The van der Waals surface area contributed by atoms with Crippen molar-refractivity contribution >= 4 is 23.2 Å². The first-order valence-corrected chi connectivity index (χ1v) is 5.75. The summed E-state index contributed by atoms with van der Waals surface area (Å²) in [7, 11) is 0. The van der Waals surface area contributed by atoms with Crippen LogP contribution in [0.25, 0.3) is 0 Å². The lowest BCUT2D eigenvalue weighted by molar-refractivity contribution is 0.102. The summed E-state index contributed by atoms with van der Waals surface area (Å²) < 4.78 is -0.780. The van der Waals surface area contributed by atoms with Crippen molar-refractivity contribution < 1.29 is 5.11 Å². The third-order valence-electron chi connectivity index (χ3n) is 3.30. The van der Waals surface area contributed by atoms with Crippen molar-refractivity contribution in [3.63, 3.8) is 0 Å². The van der Waals surface area contributed by atoms with Gasteiger partial charge in [0.2, 0.25) is 0 Å². The first kappa shape index (κ1) is 11.3. The molecule has 3 heteroatoms. The molecule has 1 aliphatic rings. The summed E-state index contributed by atoms with van der Waals surface area (Å²) in [5.74, 6) is 0. The number of halogens is 2. The van der Waals surface area contributed by atoms with E-state index in [1.54, 1.807) is 0 Å². The quantitative estimate of drug-likeness (QED) is 0.789. The summed E-state index contributed by atoms with van der Waals surface area (Å²) >= 11 is 12.1. The molecule has 2 atom stereocenters. The molecule has 1 aromatic rings. The molecular formula is C12H14Cl2O. The van der Waals surface area contributed by atoms with Crippen LogP contribution in [0, 0.1) is 12.3 Å². The number of benzene rings is 1. The van der Waals surface area contributed by atoms with Crippen LogP contribution in [0.3, 0.4) is 0 Å². The van der Waals surface area contributed by atoms with Crippen LogP contribution in [0.2, 0.25) is 0 Å². The van der Waals surface area contributed by atoms with Gasteiger partial charge >= 0.3 is 0 Å². The van der Waals surface area contributed by atoms with Gasteiger partial charge in [0, 0.05) is 5.41 Å². The third-order valence-corrected chi connectivity index (χ3v) is 4.43. The maximum Gasteiger partial charge on any atom is 0.127 e. The van der Waals surface area contributed by atoms with Crippen molar-refractivity contribution in [3.8, 4) is 0 Å². The first-order valence-electron chi connectivity index (χ1n) is 4.99. The maximum atomic E-state index is 10.2. The van der Waals surface area contributed by atoms with Crippen LogP contribution in [0.1, 0.15) is 30.6 Å². The van der Waals surface area contributed by atoms with Crippen LogP contribution in [-0.4, -0.2) is 9.44 Å². The molecule has 0 unspecified atom stereocenters. The topological polar surface area (TPSA) is 20.2 Å². The van der Waals surface area contributed by atoms with Gasteiger partial charge in [0.1, 0.15) is 4.33 Å². The van der Waals surface area contributed by atoms with Crippen molar-refractivity contribution in [2.24, 2.45) is 5.41 Å². The van der Waals surface area contributed by atoms with E-state index in [-0.39, 0.29) is 0 Å². The van der Waals surface area contributed by atoms with Crippen LogP contribution in [0.4, 0.5) is 0 Å². The Bertz CT molecular complexity index is 372. The summed E-state index contributed by atoms with van der Waals surface area (Å²) in [6, 6.07) is 7.81. The van der Waals surface area contributed by atoms with Crippen LogP contribution in [-0.2, 0) is 0 Å². The maximum absolute atomic E-state index is 10.2. The SMILES string of the molecule is Cc1ccc([C@H](O)[C@]2(C)CC2(Cl)Cl)cc1. The lowest BCUT2D eigenvalue weighted by Gasteiger charge is -2.20. The molecule has 0 amide bonds. The van der Waals surface area contributed by atoms with Crippen molar-refractivity contribution in [1.29, 1.82) is 0 Å². The largest absolute Gasteiger partial charge is 0.388 e. The second-order valence-electron chi connectivity index (χ2n) is 4.61. The minimum Gasteiger partial charge on any atom is -0.388 e.